The van der Waals surface area contributed by atoms with Gasteiger partial charge in [0.2, 0.25) is 12.1 Å². The molecule has 0 rings (SSSR count). The third kappa shape index (κ3) is 12.8. The van der Waals surface area contributed by atoms with Gasteiger partial charge in [0, 0.05) is 16.3 Å². The number of unbranched alkanes of at least 4 members (excludes halogenated alkanes) is 5. The Kier molecular flexibility index (Phi) is 15.6. The number of allylic oxidation sites excluding steroid dienone is 2. The summed E-state index contributed by atoms with van der Waals surface area (Å²) < 4.78 is 0. The lowest BCUT2D eigenvalue weighted by atomic mass is 9.95. The Bertz CT molecular complexity index is 537. The number of rotatable bonds is 18. The maximum Gasteiger partial charge on any atom is 0.245 e. The summed E-state index contributed by atoms with van der Waals surface area (Å²) >= 11 is 0. The van der Waals surface area contributed by atoms with E-state index in [0.717, 1.165) is 38.5 Å². The largest absolute Gasteiger partial charge is 0.386 e. The van der Waals surface area contributed by atoms with Crippen LogP contribution in [0.5, 0.6) is 0 Å². The zero-order valence-electron chi connectivity index (χ0n) is 17.0. The zero-order valence-corrected chi connectivity index (χ0v) is 17.0. The van der Waals surface area contributed by atoms with Crippen molar-refractivity contribution in [1.29, 1.82) is 0 Å². The van der Waals surface area contributed by atoms with Crippen LogP contribution in [0.1, 0.15) is 71.1 Å². The van der Waals surface area contributed by atoms with E-state index in [-0.39, 0.29) is 12.8 Å². The van der Waals surface area contributed by atoms with Gasteiger partial charge < -0.3 is 10.2 Å². The van der Waals surface area contributed by atoms with E-state index in [0.29, 0.717) is 6.42 Å². The molecule has 0 saturated carbocycles. The molecule has 2 N–H and O–H groups in total. The molecule has 29 heavy (non-hydrogen) atoms. The van der Waals surface area contributed by atoms with Gasteiger partial charge in [-0.25, -0.2) is 0 Å². The second kappa shape index (κ2) is 16.8. The van der Waals surface area contributed by atoms with Crippen molar-refractivity contribution in [3.8, 4) is 0 Å². The number of hydrogen-bond acceptors (Lipinski definition) is 7. The van der Waals surface area contributed by atoms with Crippen LogP contribution in [-0.2, 0) is 4.79 Å². The van der Waals surface area contributed by atoms with Gasteiger partial charge in [0.1, 0.15) is 12.2 Å². The minimum Gasteiger partial charge on any atom is -0.386 e. The van der Waals surface area contributed by atoms with Crippen LogP contribution >= 0.6 is 0 Å². The highest BCUT2D eigenvalue weighted by molar-refractivity contribution is 5.50. The average molecular weight is 413 g/mol. The van der Waals surface area contributed by atoms with E-state index in [4.69, 9.17) is 0 Å². The third-order valence-corrected chi connectivity index (χ3v) is 4.64. The number of nitrogens with zero attached hydrogens (tertiary/aromatic N) is 2. The normalized spacial score (nSPS) is 16.0. The van der Waals surface area contributed by atoms with E-state index in [1.807, 2.05) is 19.3 Å². The van der Waals surface area contributed by atoms with Crippen LogP contribution in [0, 0.1) is 20.2 Å². The first-order valence-corrected chi connectivity index (χ1v) is 10.1. The molecule has 0 bridgehead atoms. The van der Waals surface area contributed by atoms with Crippen molar-refractivity contribution in [3.05, 3.63) is 44.5 Å². The molecule has 0 aliphatic heterocycles. The summed E-state index contributed by atoms with van der Waals surface area (Å²) in [7, 11) is 0. The summed E-state index contributed by atoms with van der Waals surface area (Å²) in [4.78, 5) is 31.2. The highest BCUT2D eigenvalue weighted by Gasteiger charge is 2.40. The van der Waals surface area contributed by atoms with Crippen molar-refractivity contribution in [2.75, 3.05) is 0 Å². The molecule has 165 valence electrons. The molecule has 4 atom stereocenters. The van der Waals surface area contributed by atoms with Gasteiger partial charge >= 0.3 is 0 Å². The SMILES string of the molecule is CC/C=C\CC(O)C(CC(C(O)C/C=C\CCCCCC[C]=O)[N+](=O)[O-])[N+](=O)[O-]. The van der Waals surface area contributed by atoms with Crippen LogP contribution in [0.25, 0.3) is 0 Å². The first kappa shape index (κ1) is 26.9. The minimum absolute atomic E-state index is 0.0159. The Morgan fingerprint density at radius 3 is 1.86 bits per heavy atom. The quantitative estimate of drug-likeness (QED) is 0.152. The predicted molar refractivity (Wildman–Crippen MR) is 109 cm³/mol. The van der Waals surface area contributed by atoms with Gasteiger partial charge in [0.15, 0.2) is 6.29 Å². The summed E-state index contributed by atoms with van der Waals surface area (Å²) in [5.74, 6) is 0. The molecular formula is C20H33N2O7. The molecule has 0 aromatic rings. The zero-order chi connectivity index (χ0) is 22.1. The highest BCUT2D eigenvalue weighted by Crippen LogP contribution is 2.17. The van der Waals surface area contributed by atoms with Gasteiger partial charge in [0.25, 0.3) is 0 Å². The second-order valence-electron chi connectivity index (χ2n) is 7.00. The topological polar surface area (TPSA) is 144 Å². The average Bonchev–Trinajstić information content (AvgIpc) is 2.66. The molecule has 0 aliphatic carbocycles. The lowest BCUT2D eigenvalue weighted by Gasteiger charge is -2.19. The lowest BCUT2D eigenvalue weighted by molar-refractivity contribution is -0.573. The second-order valence-corrected chi connectivity index (χ2v) is 7.00. The standard InChI is InChI=1S/C20H33N2O7/c1-2-3-10-13-19(24)17(21(26)27)16-18(22(28)29)20(25)14-11-8-6-4-5-7-9-12-15-23/h3,8,10-11,17-20,24-25H,2,4-7,9,12-14,16H2,1H3/b10-3-,11-8-. The van der Waals surface area contributed by atoms with Crippen molar-refractivity contribution in [1.82, 2.24) is 0 Å². The maximum atomic E-state index is 11.3. The predicted octanol–water partition coefficient (Wildman–Crippen LogP) is 3.14. The van der Waals surface area contributed by atoms with Gasteiger partial charge in [-0.3, -0.25) is 25.0 Å². The number of carbonyl (C=O) groups excluding carboxylic acids is 1. The molecule has 0 amide bonds. The fourth-order valence-electron chi connectivity index (χ4n) is 2.90. The number of hydrogen-bond donors (Lipinski definition) is 2. The van der Waals surface area contributed by atoms with Crippen molar-refractivity contribution in [2.45, 2.75) is 95.4 Å². The summed E-state index contributed by atoms with van der Waals surface area (Å²) in [6, 6.07) is -3.05. The molecule has 0 aromatic heterocycles. The third-order valence-electron chi connectivity index (χ3n) is 4.64. The fourth-order valence-corrected chi connectivity index (χ4v) is 2.90. The van der Waals surface area contributed by atoms with Crippen LogP contribution in [0.2, 0.25) is 0 Å². The highest BCUT2D eigenvalue weighted by atomic mass is 16.6. The van der Waals surface area contributed by atoms with Crippen LogP contribution in [0.3, 0.4) is 0 Å². The van der Waals surface area contributed by atoms with Gasteiger partial charge in [0.05, 0.1) is 6.42 Å². The number of aliphatic hydroxyl groups excluding tert-OH is 2. The van der Waals surface area contributed by atoms with E-state index in [9.17, 15) is 35.2 Å². The Morgan fingerprint density at radius 2 is 1.38 bits per heavy atom. The monoisotopic (exact) mass is 413 g/mol. The molecule has 0 fully saturated rings. The molecule has 0 saturated heterocycles. The number of nitro groups is 2. The fraction of sp³-hybridized carbons (Fsp3) is 0.750. The molecule has 0 spiro atoms. The minimum atomic E-state index is -1.53. The molecular weight excluding hydrogens is 380 g/mol. The van der Waals surface area contributed by atoms with Gasteiger partial charge in [-0.05, 0) is 38.5 Å². The van der Waals surface area contributed by atoms with Gasteiger partial charge in [-0.15, -0.1) is 0 Å². The lowest BCUT2D eigenvalue weighted by Crippen LogP contribution is -2.43. The Hall–Kier alpha value is -2.13. The summed E-state index contributed by atoms with van der Waals surface area (Å²) in [5, 5.41) is 42.8. The van der Waals surface area contributed by atoms with Crippen molar-refractivity contribution in [3.63, 3.8) is 0 Å². The van der Waals surface area contributed by atoms with E-state index in [2.05, 4.69) is 0 Å². The summed E-state index contributed by atoms with van der Waals surface area (Å²) in [6.07, 6.45) is 11.0. The maximum absolute atomic E-state index is 11.3. The van der Waals surface area contributed by atoms with Crippen molar-refractivity contribution < 1.29 is 24.9 Å². The molecule has 9 nitrogen and oxygen atoms in total. The molecule has 9 heteroatoms. The molecule has 1 radical (unpaired) electrons. The molecule has 0 aliphatic rings. The van der Waals surface area contributed by atoms with Gasteiger partial charge in [-0.1, -0.05) is 44.1 Å². The molecule has 4 unspecified atom stereocenters. The smallest absolute Gasteiger partial charge is 0.245 e. The Labute approximate surface area is 171 Å². The van der Waals surface area contributed by atoms with E-state index >= 15 is 0 Å². The van der Waals surface area contributed by atoms with Gasteiger partial charge in [-0.2, -0.15) is 0 Å². The van der Waals surface area contributed by atoms with Crippen LogP contribution < -0.4 is 0 Å². The molecule has 0 aromatic carbocycles. The number of aliphatic hydroxyl groups is 2. The summed E-state index contributed by atoms with van der Waals surface area (Å²) in [6.45, 7) is 1.88. The van der Waals surface area contributed by atoms with Crippen LogP contribution in [0.15, 0.2) is 24.3 Å². The van der Waals surface area contributed by atoms with Crippen molar-refractivity contribution in [2.24, 2.45) is 0 Å². The molecule has 0 heterocycles. The van der Waals surface area contributed by atoms with Crippen LogP contribution in [0.4, 0.5) is 0 Å². The van der Waals surface area contributed by atoms with E-state index < -0.39 is 40.6 Å². The van der Waals surface area contributed by atoms with E-state index in [1.165, 1.54) is 0 Å². The summed E-state index contributed by atoms with van der Waals surface area (Å²) in [5.41, 5.74) is 0. The van der Waals surface area contributed by atoms with E-state index in [1.54, 1.807) is 18.2 Å². The van der Waals surface area contributed by atoms with Crippen molar-refractivity contribution >= 4 is 6.29 Å². The Morgan fingerprint density at radius 1 is 0.862 bits per heavy atom. The van der Waals surface area contributed by atoms with Crippen LogP contribution in [-0.4, -0.2) is 50.6 Å². The first-order valence-electron chi connectivity index (χ1n) is 10.1. The Balaban J connectivity index is 4.59. The first-order chi connectivity index (χ1) is 13.8.